The van der Waals surface area contributed by atoms with Gasteiger partial charge >= 0.3 is 0 Å². The average molecular weight is 432 g/mol. The van der Waals surface area contributed by atoms with Crippen LogP contribution < -0.4 is 15.8 Å². The molecular weight excluding hydrogens is 415 g/mol. The summed E-state index contributed by atoms with van der Waals surface area (Å²) in [6, 6.07) is 10.7. The zero-order valence-electron chi connectivity index (χ0n) is 16.7. The van der Waals surface area contributed by atoms with Crippen molar-refractivity contribution in [2.24, 2.45) is 0 Å². The number of hydrogen-bond donors (Lipinski definition) is 1. The van der Waals surface area contributed by atoms with Crippen LogP contribution in [-0.4, -0.2) is 27.9 Å². The molecule has 0 saturated heterocycles. The van der Waals surface area contributed by atoms with Crippen LogP contribution in [0.1, 0.15) is 15.9 Å². The quantitative estimate of drug-likeness (QED) is 0.535. The van der Waals surface area contributed by atoms with Gasteiger partial charge in [0, 0.05) is 17.9 Å². The maximum Gasteiger partial charge on any atom is 0.261 e. The van der Waals surface area contributed by atoms with Crippen molar-refractivity contribution >= 4 is 34.1 Å². The van der Waals surface area contributed by atoms with E-state index < -0.39 is 17.3 Å². The summed E-state index contributed by atoms with van der Waals surface area (Å²) in [6.07, 6.45) is 4.79. The number of halogens is 1. The van der Waals surface area contributed by atoms with E-state index in [2.05, 4.69) is 10.3 Å². The molecule has 0 bridgehead atoms. The number of amides is 2. The minimum atomic E-state index is -0.544. The van der Waals surface area contributed by atoms with E-state index in [4.69, 9.17) is 4.42 Å². The summed E-state index contributed by atoms with van der Waals surface area (Å²) in [6.45, 7) is 0.270. The third kappa shape index (κ3) is 3.53. The van der Waals surface area contributed by atoms with Crippen LogP contribution in [0.25, 0.3) is 10.9 Å². The smallest absolute Gasteiger partial charge is 0.261 e. The Kier molecular flexibility index (Phi) is 4.78. The highest BCUT2D eigenvalue weighted by atomic mass is 19.1. The first-order valence-electron chi connectivity index (χ1n) is 9.91. The number of anilines is 2. The molecule has 0 saturated carbocycles. The van der Waals surface area contributed by atoms with E-state index in [0.717, 1.165) is 21.9 Å². The Morgan fingerprint density at radius 3 is 2.84 bits per heavy atom. The highest BCUT2D eigenvalue weighted by Crippen LogP contribution is 2.31. The number of carbonyl (C=O) groups is 2. The molecule has 0 unspecified atom stereocenters. The van der Waals surface area contributed by atoms with Gasteiger partial charge in [-0.3, -0.25) is 19.0 Å². The minimum Gasteiger partial charge on any atom is -0.472 e. The lowest BCUT2D eigenvalue weighted by molar-refractivity contribution is -0.116. The molecule has 2 amide bonds. The molecule has 1 aliphatic heterocycles. The highest BCUT2D eigenvalue weighted by molar-refractivity contribution is 6.07. The molecule has 1 aliphatic rings. The molecule has 0 spiro atoms. The Bertz CT molecular complexity index is 1410. The lowest BCUT2D eigenvalue weighted by Gasteiger charge is -2.16. The van der Waals surface area contributed by atoms with Crippen molar-refractivity contribution in [2.45, 2.75) is 13.0 Å². The molecule has 9 heteroatoms. The summed E-state index contributed by atoms with van der Waals surface area (Å²) >= 11 is 0. The summed E-state index contributed by atoms with van der Waals surface area (Å²) in [5.74, 6) is -1.11. The van der Waals surface area contributed by atoms with Crippen LogP contribution in [0.2, 0.25) is 0 Å². The normalized spacial score (nSPS) is 12.7. The van der Waals surface area contributed by atoms with Crippen LogP contribution >= 0.6 is 0 Å². The zero-order valence-corrected chi connectivity index (χ0v) is 16.7. The largest absolute Gasteiger partial charge is 0.472 e. The topological polar surface area (TPSA) is 97.4 Å². The second-order valence-electron chi connectivity index (χ2n) is 7.45. The van der Waals surface area contributed by atoms with Crippen LogP contribution in [0.3, 0.4) is 0 Å². The third-order valence-corrected chi connectivity index (χ3v) is 5.37. The van der Waals surface area contributed by atoms with Gasteiger partial charge in [-0.1, -0.05) is 0 Å². The van der Waals surface area contributed by atoms with Crippen molar-refractivity contribution in [1.82, 2.24) is 9.55 Å². The fourth-order valence-electron chi connectivity index (χ4n) is 3.83. The third-order valence-electron chi connectivity index (χ3n) is 5.37. The Morgan fingerprint density at radius 2 is 2.03 bits per heavy atom. The van der Waals surface area contributed by atoms with Crippen molar-refractivity contribution in [1.29, 1.82) is 0 Å². The van der Waals surface area contributed by atoms with Gasteiger partial charge in [0.15, 0.2) is 0 Å². The number of aromatic nitrogens is 2. The molecule has 160 valence electrons. The molecule has 3 heterocycles. The summed E-state index contributed by atoms with van der Waals surface area (Å²) in [7, 11) is 0. The molecule has 0 atom stereocenters. The second-order valence-corrected chi connectivity index (χ2v) is 7.45. The van der Waals surface area contributed by atoms with Crippen LogP contribution in [0, 0.1) is 5.82 Å². The first kappa shape index (κ1) is 19.7. The van der Waals surface area contributed by atoms with Crippen molar-refractivity contribution in [3.8, 4) is 0 Å². The summed E-state index contributed by atoms with van der Waals surface area (Å²) in [5, 5.41) is 2.87. The van der Waals surface area contributed by atoms with E-state index >= 15 is 0 Å². The fourth-order valence-corrected chi connectivity index (χ4v) is 3.83. The molecule has 8 nitrogen and oxygen atoms in total. The summed E-state index contributed by atoms with van der Waals surface area (Å²) in [5.41, 5.74) is 2.61. The Balaban J connectivity index is 1.32. The van der Waals surface area contributed by atoms with Crippen molar-refractivity contribution < 1.29 is 18.4 Å². The van der Waals surface area contributed by atoms with Gasteiger partial charge in [-0.2, -0.15) is 0 Å². The zero-order chi connectivity index (χ0) is 22.2. The number of nitrogens with one attached hydrogen (secondary N) is 1. The SMILES string of the molecule is O=C(Cn1cnc2ccc(F)cc2c1=O)Nc1ccc2c(c1)CCN2C(=O)c1ccoc1. The highest BCUT2D eigenvalue weighted by Gasteiger charge is 2.26. The van der Waals surface area contributed by atoms with Gasteiger partial charge in [0.05, 0.1) is 29.1 Å². The van der Waals surface area contributed by atoms with Crippen molar-refractivity contribution in [2.75, 3.05) is 16.8 Å². The maximum atomic E-state index is 13.5. The number of nitrogens with zero attached hydrogens (tertiary/aromatic N) is 3. The van der Waals surface area contributed by atoms with E-state index in [1.807, 2.05) is 6.07 Å². The molecule has 1 N–H and O–H groups in total. The predicted octanol–water partition coefficient (Wildman–Crippen LogP) is 2.97. The van der Waals surface area contributed by atoms with E-state index in [-0.39, 0.29) is 17.8 Å². The predicted molar refractivity (Wildman–Crippen MR) is 115 cm³/mol. The van der Waals surface area contributed by atoms with Crippen molar-refractivity contribution in [3.63, 3.8) is 0 Å². The Morgan fingerprint density at radius 1 is 1.16 bits per heavy atom. The molecule has 32 heavy (non-hydrogen) atoms. The second kappa shape index (κ2) is 7.77. The van der Waals surface area contributed by atoms with Gasteiger partial charge in [0.1, 0.15) is 18.6 Å². The molecule has 0 fully saturated rings. The minimum absolute atomic E-state index is 0.111. The molecule has 4 aromatic rings. The Labute approximate surface area is 180 Å². The van der Waals surface area contributed by atoms with E-state index in [1.54, 1.807) is 23.1 Å². The molecule has 2 aromatic heterocycles. The van der Waals surface area contributed by atoms with Crippen LogP contribution in [-0.2, 0) is 17.8 Å². The number of rotatable bonds is 4. The summed E-state index contributed by atoms with van der Waals surface area (Å²) < 4.78 is 19.6. The van der Waals surface area contributed by atoms with Gasteiger partial charge in [-0.25, -0.2) is 9.37 Å². The number of hydrogen-bond acceptors (Lipinski definition) is 5. The van der Waals surface area contributed by atoms with Crippen LogP contribution in [0.15, 0.2) is 70.5 Å². The average Bonchev–Trinajstić information content (AvgIpc) is 3.45. The molecule has 5 rings (SSSR count). The summed E-state index contributed by atoms with van der Waals surface area (Å²) in [4.78, 5) is 43.5. The maximum absolute atomic E-state index is 13.5. The molecule has 2 aromatic carbocycles. The first-order chi connectivity index (χ1) is 15.5. The number of benzene rings is 2. The lowest BCUT2D eigenvalue weighted by Crippen LogP contribution is -2.28. The Hall–Kier alpha value is -4.27. The van der Waals surface area contributed by atoms with Gasteiger partial charge in [0.25, 0.3) is 11.5 Å². The van der Waals surface area contributed by atoms with E-state index in [0.29, 0.717) is 29.7 Å². The monoisotopic (exact) mass is 432 g/mol. The molecule has 0 radical (unpaired) electrons. The van der Waals surface area contributed by atoms with Crippen LogP contribution in [0.4, 0.5) is 15.8 Å². The van der Waals surface area contributed by atoms with Gasteiger partial charge < -0.3 is 14.6 Å². The standard InChI is InChI=1S/C23H17FN4O4/c24-16-1-3-19-18(10-16)23(31)27(13-25-19)11-21(29)26-17-2-4-20-14(9-17)5-7-28(20)22(30)15-6-8-32-12-15/h1-4,6,8-10,12-13H,5,7,11H2,(H,26,29). The number of furan rings is 1. The number of carbonyl (C=O) groups excluding carboxylic acids is 2. The lowest BCUT2D eigenvalue weighted by atomic mass is 10.1. The van der Waals surface area contributed by atoms with E-state index in [9.17, 15) is 18.8 Å². The number of fused-ring (bicyclic) bond motifs is 2. The van der Waals surface area contributed by atoms with Crippen molar-refractivity contribution in [3.05, 3.63) is 88.6 Å². The molecule has 0 aliphatic carbocycles. The fraction of sp³-hybridized carbons (Fsp3) is 0.130. The van der Waals surface area contributed by atoms with Gasteiger partial charge in [-0.05, 0) is 54.4 Å². The van der Waals surface area contributed by atoms with Gasteiger partial charge in [0.2, 0.25) is 5.91 Å². The van der Waals surface area contributed by atoms with E-state index in [1.165, 1.54) is 31.0 Å². The van der Waals surface area contributed by atoms with Gasteiger partial charge in [-0.15, -0.1) is 0 Å². The first-order valence-corrected chi connectivity index (χ1v) is 9.91. The molecular formula is C23H17FN4O4. The van der Waals surface area contributed by atoms with Crippen LogP contribution in [0.5, 0.6) is 0 Å².